The van der Waals surface area contributed by atoms with E-state index in [2.05, 4.69) is 55.6 Å². The fourth-order valence-electron chi connectivity index (χ4n) is 2.04. The quantitative estimate of drug-likeness (QED) is 0.863. The summed E-state index contributed by atoms with van der Waals surface area (Å²) in [7, 11) is 0. The van der Waals surface area contributed by atoms with E-state index in [9.17, 15) is 0 Å². The molecule has 1 heterocycles. The number of aryl methyl sites for hydroxylation is 1. The molecule has 1 fully saturated rings. The van der Waals surface area contributed by atoms with Crippen molar-refractivity contribution in [1.82, 2.24) is 5.32 Å². The summed E-state index contributed by atoms with van der Waals surface area (Å²) in [6.07, 6.45) is 5.45. The Bertz CT molecular complexity index is 369. The summed E-state index contributed by atoms with van der Waals surface area (Å²) in [6, 6.07) is 9.50. The third kappa shape index (κ3) is 3.69. The second-order valence-electron chi connectivity index (χ2n) is 4.67. The van der Waals surface area contributed by atoms with E-state index in [0.717, 1.165) is 19.6 Å². The molecule has 1 aromatic carbocycles. The van der Waals surface area contributed by atoms with Gasteiger partial charge in [-0.3, -0.25) is 0 Å². The molecule has 0 aliphatic carbocycles. The Morgan fingerprint density at radius 3 is 2.71 bits per heavy atom. The van der Waals surface area contributed by atoms with Gasteiger partial charge < -0.3 is 10.1 Å². The molecule has 0 amide bonds. The molecule has 0 spiro atoms. The first-order valence-electron chi connectivity index (χ1n) is 6.39. The van der Waals surface area contributed by atoms with E-state index in [1.54, 1.807) is 0 Å². The van der Waals surface area contributed by atoms with Crippen molar-refractivity contribution >= 4 is 6.08 Å². The summed E-state index contributed by atoms with van der Waals surface area (Å²) in [6.45, 7) is 5.91. The van der Waals surface area contributed by atoms with Crippen molar-refractivity contribution in [3.8, 4) is 0 Å². The second kappa shape index (κ2) is 5.99. The lowest BCUT2D eigenvalue weighted by atomic mass is 10.1. The van der Waals surface area contributed by atoms with Crippen LogP contribution in [-0.4, -0.2) is 25.3 Å². The van der Waals surface area contributed by atoms with Crippen LogP contribution in [0.15, 0.2) is 30.3 Å². The summed E-state index contributed by atoms with van der Waals surface area (Å²) >= 11 is 0. The van der Waals surface area contributed by atoms with Gasteiger partial charge in [-0.1, -0.05) is 43.3 Å². The Morgan fingerprint density at radius 2 is 2.06 bits per heavy atom. The third-order valence-corrected chi connectivity index (χ3v) is 3.07. The lowest BCUT2D eigenvalue weighted by Gasteiger charge is -2.26. The van der Waals surface area contributed by atoms with Crippen molar-refractivity contribution in [2.45, 2.75) is 32.4 Å². The van der Waals surface area contributed by atoms with Crippen LogP contribution in [0.2, 0.25) is 0 Å². The highest BCUT2D eigenvalue weighted by atomic mass is 16.5. The van der Waals surface area contributed by atoms with Crippen LogP contribution < -0.4 is 5.32 Å². The highest BCUT2D eigenvalue weighted by Gasteiger charge is 2.14. The molecule has 1 aliphatic rings. The SMILES string of the molecule is CCc1ccc(/C=C/C2COCC(C)N2)cc1. The number of benzene rings is 1. The van der Waals surface area contributed by atoms with Gasteiger partial charge in [0, 0.05) is 12.1 Å². The van der Waals surface area contributed by atoms with Crippen LogP contribution in [-0.2, 0) is 11.2 Å². The molecule has 2 heteroatoms. The van der Waals surface area contributed by atoms with Gasteiger partial charge in [-0.2, -0.15) is 0 Å². The van der Waals surface area contributed by atoms with Gasteiger partial charge in [-0.15, -0.1) is 0 Å². The summed E-state index contributed by atoms with van der Waals surface area (Å²) in [5, 5.41) is 3.50. The molecule has 1 saturated heterocycles. The number of ether oxygens (including phenoxy) is 1. The zero-order valence-corrected chi connectivity index (χ0v) is 10.6. The monoisotopic (exact) mass is 231 g/mol. The molecule has 2 nitrogen and oxygen atoms in total. The first kappa shape index (κ1) is 12.3. The van der Waals surface area contributed by atoms with Gasteiger partial charge in [0.25, 0.3) is 0 Å². The van der Waals surface area contributed by atoms with E-state index in [1.165, 1.54) is 11.1 Å². The summed E-state index contributed by atoms with van der Waals surface area (Å²) in [5.74, 6) is 0. The maximum Gasteiger partial charge on any atom is 0.0656 e. The topological polar surface area (TPSA) is 21.3 Å². The van der Waals surface area contributed by atoms with Crippen LogP contribution in [0.4, 0.5) is 0 Å². The highest BCUT2D eigenvalue weighted by molar-refractivity contribution is 5.50. The lowest BCUT2D eigenvalue weighted by Crippen LogP contribution is -2.46. The van der Waals surface area contributed by atoms with Crippen molar-refractivity contribution in [3.05, 3.63) is 41.5 Å². The molecule has 2 rings (SSSR count). The van der Waals surface area contributed by atoms with Crippen molar-refractivity contribution in [1.29, 1.82) is 0 Å². The Morgan fingerprint density at radius 1 is 1.29 bits per heavy atom. The van der Waals surface area contributed by atoms with Crippen LogP contribution in [0.1, 0.15) is 25.0 Å². The molecule has 17 heavy (non-hydrogen) atoms. The predicted molar refractivity (Wildman–Crippen MR) is 72.1 cm³/mol. The van der Waals surface area contributed by atoms with Crippen molar-refractivity contribution in [2.75, 3.05) is 13.2 Å². The fourth-order valence-corrected chi connectivity index (χ4v) is 2.04. The van der Waals surface area contributed by atoms with E-state index >= 15 is 0 Å². The van der Waals surface area contributed by atoms with Gasteiger partial charge in [0.15, 0.2) is 0 Å². The molecule has 1 N–H and O–H groups in total. The Hall–Kier alpha value is -1.12. The van der Waals surface area contributed by atoms with E-state index in [-0.39, 0.29) is 0 Å². The smallest absolute Gasteiger partial charge is 0.0656 e. The third-order valence-electron chi connectivity index (χ3n) is 3.07. The van der Waals surface area contributed by atoms with E-state index in [0.29, 0.717) is 12.1 Å². The predicted octanol–water partition coefficient (Wildman–Crippen LogP) is 2.64. The molecule has 0 aromatic heterocycles. The van der Waals surface area contributed by atoms with Gasteiger partial charge in [0.2, 0.25) is 0 Å². The maximum absolute atomic E-state index is 5.51. The molecule has 2 atom stereocenters. The average molecular weight is 231 g/mol. The molecular formula is C15H21NO. The van der Waals surface area contributed by atoms with Gasteiger partial charge >= 0.3 is 0 Å². The van der Waals surface area contributed by atoms with Crippen LogP contribution in [0.5, 0.6) is 0 Å². The molecule has 1 aromatic rings. The van der Waals surface area contributed by atoms with Crippen LogP contribution in [0.25, 0.3) is 6.08 Å². The highest BCUT2D eigenvalue weighted by Crippen LogP contribution is 2.08. The van der Waals surface area contributed by atoms with Crippen LogP contribution in [0.3, 0.4) is 0 Å². The number of hydrogen-bond donors (Lipinski definition) is 1. The normalized spacial score (nSPS) is 25.3. The Balaban J connectivity index is 1.94. The van der Waals surface area contributed by atoms with Crippen molar-refractivity contribution < 1.29 is 4.74 Å². The largest absolute Gasteiger partial charge is 0.378 e. The van der Waals surface area contributed by atoms with E-state index in [4.69, 9.17) is 4.74 Å². The maximum atomic E-state index is 5.51. The van der Waals surface area contributed by atoms with E-state index in [1.807, 2.05) is 0 Å². The van der Waals surface area contributed by atoms with Crippen LogP contribution in [0, 0.1) is 0 Å². The van der Waals surface area contributed by atoms with Crippen LogP contribution >= 0.6 is 0 Å². The van der Waals surface area contributed by atoms with Gasteiger partial charge in [-0.05, 0) is 24.5 Å². The fraction of sp³-hybridized carbons (Fsp3) is 0.467. The molecule has 0 radical (unpaired) electrons. The second-order valence-corrected chi connectivity index (χ2v) is 4.67. The molecule has 2 unspecified atom stereocenters. The standard InChI is InChI=1S/C15H21NO/c1-3-13-4-6-14(7-5-13)8-9-15-11-17-10-12(2)16-15/h4-9,12,15-16H,3,10-11H2,1-2H3/b9-8+. The molecule has 0 saturated carbocycles. The minimum Gasteiger partial charge on any atom is -0.378 e. The summed E-state index contributed by atoms with van der Waals surface area (Å²) in [4.78, 5) is 0. The summed E-state index contributed by atoms with van der Waals surface area (Å²) in [5.41, 5.74) is 2.64. The molecule has 0 bridgehead atoms. The zero-order chi connectivity index (χ0) is 12.1. The van der Waals surface area contributed by atoms with Gasteiger partial charge in [-0.25, -0.2) is 0 Å². The zero-order valence-electron chi connectivity index (χ0n) is 10.6. The average Bonchev–Trinajstić information content (AvgIpc) is 2.37. The number of morpholine rings is 1. The molecule has 1 aliphatic heterocycles. The van der Waals surface area contributed by atoms with E-state index < -0.39 is 0 Å². The minimum atomic E-state index is 0.338. The van der Waals surface area contributed by atoms with Crippen molar-refractivity contribution in [2.24, 2.45) is 0 Å². The number of rotatable bonds is 3. The Labute approximate surface area is 104 Å². The van der Waals surface area contributed by atoms with Gasteiger partial charge in [0.1, 0.15) is 0 Å². The summed E-state index contributed by atoms with van der Waals surface area (Å²) < 4.78 is 5.51. The number of hydrogen-bond acceptors (Lipinski definition) is 2. The number of nitrogens with one attached hydrogen (secondary N) is 1. The molecular weight excluding hydrogens is 210 g/mol. The minimum absolute atomic E-state index is 0.338. The van der Waals surface area contributed by atoms with Gasteiger partial charge in [0.05, 0.1) is 13.2 Å². The van der Waals surface area contributed by atoms with Crippen molar-refractivity contribution in [3.63, 3.8) is 0 Å². The molecule has 92 valence electrons. The Kier molecular flexibility index (Phi) is 4.35. The lowest BCUT2D eigenvalue weighted by molar-refractivity contribution is 0.0637. The first-order chi connectivity index (χ1) is 8.28. The first-order valence-corrected chi connectivity index (χ1v) is 6.39.